The summed E-state index contributed by atoms with van der Waals surface area (Å²) in [5.41, 5.74) is 2.30. The summed E-state index contributed by atoms with van der Waals surface area (Å²) >= 11 is 1.83. The number of ketones is 1. The lowest BCUT2D eigenvalue weighted by molar-refractivity contribution is -0.126. The summed E-state index contributed by atoms with van der Waals surface area (Å²) in [4.78, 5) is 21.0. The van der Waals surface area contributed by atoms with Crippen molar-refractivity contribution in [1.29, 1.82) is 0 Å². The van der Waals surface area contributed by atoms with E-state index in [0.717, 1.165) is 38.0 Å². The van der Waals surface area contributed by atoms with Crippen LogP contribution in [0.4, 0.5) is 0 Å². The fourth-order valence-corrected chi connectivity index (χ4v) is 4.02. The largest absolute Gasteiger partial charge is 0.297 e. The molecule has 1 fully saturated rings. The maximum absolute atomic E-state index is 12.8. The van der Waals surface area contributed by atoms with Gasteiger partial charge in [0.1, 0.15) is 6.04 Å². The summed E-state index contributed by atoms with van der Waals surface area (Å²) in [6.45, 7) is 1.83. The standard InChI is InChI=1S/C17H18N2OS/c20-17(12-4-5-12)16(14-3-1-2-8-18-14)19-9-6-15-13(11-19)7-10-21-15/h1-3,7-8,10,12,16H,4-6,9,11H2. The first-order chi connectivity index (χ1) is 10.3. The Morgan fingerprint density at radius 2 is 2.24 bits per heavy atom. The van der Waals surface area contributed by atoms with Crippen LogP contribution in [0.15, 0.2) is 35.8 Å². The van der Waals surface area contributed by atoms with Crippen LogP contribution in [0.2, 0.25) is 0 Å². The average molecular weight is 298 g/mol. The molecular weight excluding hydrogens is 280 g/mol. The van der Waals surface area contributed by atoms with Crippen molar-refractivity contribution in [1.82, 2.24) is 9.88 Å². The van der Waals surface area contributed by atoms with Crippen LogP contribution in [0, 0.1) is 5.92 Å². The fraction of sp³-hybridized carbons (Fsp3) is 0.412. The normalized spacial score (nSPS) is 20.0. The number of pyridine rings is 1. The molecular formula is C17H18N2OS. The summed E-state index contributed by atoms with van der Waals surface area (Å²) in [5, 5.41) is 2.16. The molecule has 0 amide bonds. The van der Waals surface area contributed by atoms with Gasteiger partial charge in [0.25, 0.3) is 0 Å². The van der Waals surface area contributed by atoms with Crippen molar-refractivity contribution < 1.29 is 4.79 Å². The second-order valence-corrected chi connectivity index (χ2v) is 6.92. The second-order valence-electron chi connectivity index (χ2n) is 5.92. The van der Waals surface area contributed by atoms with Crippen LogP contribution >= 0.6 is 11.3 Å². The van der Waals surface area contributed by atoms with E-state index >= 15 is 0 Å². The zero-order valence-corrected chi connectivity index (χ0v) is 12.7. The van der Waals surface area contributed by atoms with Crippen LogP contribution in [0.1, 0.15) is 35.0 Å². The number of carbonyl (C=O) groups is 1. The van der Waals surface area contributed by atoms with Crippen molar-refractivity contribution in [2.45, 2.75) is 31.8 Å². The van der Waals surface area contributed by atoms with Crippen LogP contribution in [0.5, 0.6) is 0 Å². The number of hydrogen-bond acceptors (Lipinski definition) is 4. The third-order valence-corrected chi connectivity index (χ3v) is 5.44. The average Bonchev–Trinajstić information content (AvgIpc) is 3.27. The molecule has 108 valence electrons. The van der Waals surface area contributed by atoms with Gasteiger partial charge in [-0.05, 0) is 48.4 Å². The van der Waals surface area contributed by atoms with Crippen molar-refractivity contribution in [2.75, 3.05) is 6.54 Å². The van der Waals surface area contributed by atoms with Crippen molar-refractivity contribution in [3.05, 3.63) is 52.0 Å². The van der Waals surface area contributed by atoms with Crippen LogP contribution in [-0.4, -0.2) is 22.2 Å². The first kappa shape index (κ1) is 13.2. The topological polar surface area (TPSA) is 33.2 Å². The Labute approximate surface area is 128 Å². The Hall–Kier alpha value is -1.52. The number of fused-ring (bicyclic) bond motifs is 1. The Morgan fingerprint density at radius 1 is 1.33 bits per heavy atom. The highest BCUT2D eigenvalue weighted by molar-refractivity contribution is 7.10. The highest BCUT2D eigenvalue weighted by atomic mass is 32.1. The zero-order valence-electron chi connectivity index (χ0n) is 11.9. The lowest BCUT2D eigenvalue weighted by Crippen LogP contribution is -2.38. The molecule has 0 bridgehead atoms. The molecule has 0 saturated heterocycles. The van der Waals surface area contributed by atoms with Gasteiger partial charge in [-0.25, -0.2) is 0 Å². The van der Waals surface area contributed by atoms with Gasteiger partial charge >= 0.3 is 0 Å². The maximum atomic E-state index is 12.8. The highest BCUT2D eigenvalue weighted by Crippen LogP contribution is 2.38. The lowest BCUT2D eigenvalue weighted by atomic mass is 9.99. The molecule has 1 saturated carbocycles. The molecule has 0 spiro atoms. The van der Waals surface area contributed by atoms with Gasteiger partial charge in [-0.1, -0.05) is 6.07 Å². The van der Waals surface area contributed by atoms with Crippen LogP contribution in [0.25, 0.3) is 0 Å². The summed E-state index contributed by atoms with van der Waals surface area (Å²) in [7, 11) is 0. The number of nitrogens with zero attached hydrogens (tertiary/aromatic N) is 2. The molecule has 2 aliphatic rings. The molecule has 3 nitrogen and oxygen atoms in total. The number of aromatic nitrogens is 1. The van der Waals surface area contributed by atoms with Gasteiger partial charge < -0.3 is 0 Å². The summed E-state index contributed by atoms with van der Waals surface area (Å²) in [5.74, 6) is 0.633. The Balaban J connectivity index is 1.65. The van der Waals surface area contributed by atoms with Gasteiger partial charge in [-0.2, -0.15) is 0 Å². The highest BCUT2D eigenvalue weighted by Gasteiger charge is 2.39. The molecule has 1 unspecified atom stereocenters. The van der Waals surface area contributed by atoms with Crippen LogP contribution < -0.4 is 0 Å². The number of Topliss-reactive ketones (excluding diaryl/α,β-unsaturated/α-hetero) is 1. The van der Waals surface area contributed by atoms with Gasteiger partial charge in [0.05, 0.1) is 5.69 Å². The molecule has 0 aromatic carbocycles. The number of carbonyl (C=O) groups excluding carboxylic acids is 1. The van der Waals surface area contributed by atoms with Crippen LogP contribution in [0.3, 0.4) is 0 Å². The van der Waals surface area contributed by atoms with Crippen molar-refractivity contribution in [3.8, 4) is 0 Å². The van der Waals surface area contributed by atoms with E-state index in [1.165, 1.54) is 10.4 Å². The number of thiophene rings is 1. The van der Waals surface area contributed by atoms with Gasteiger partial charge in [-0.3, -0.25) is 14.7 Å². The molecule has 1 aliphatic heterocycles. The molecule has 0 radical (unpaired) electrons. The van der Waals surface area contributed by atoms with E-state index in [2.05, 4.69) is 21.3 Å². The fourth-order valence-electron chi connectivity index (χ4n) is 3.13. The lowest BCUT2D eigenvalue weighted by Gasteiger charge is -2.33. The third-order valence-electron chi connectivity index (χ3n) is 4.42. The van der Waals surface area contributed by atoms with E-state index in [1.54, 1.807) is 6.20 Å². The van der Waals surface area contributed by atoms with Crippen molar-refractivity contribution in [2.24, 2.45) is 5.92 Å². The maximum Gasteiger partial charge on any atom is 0.159 e. The summed E-state index contributed by atoms with van der Waals surface area (Å²) in [6.07, 6.45) is 4.95. The Bertz CT molecular complexity index is 648. The molecule has 1 aliphatic carbocycles. The molecule has 2 aromatic heterocycles. The SMILES string of the molecule is O=C(C1CC1)C(c1ccccn1)N1CCc2sccc2C1. The van der Waals surface area contributed by atoms with E-state index in [1.807, 2.05) is 29.5 Å². The second kappa shape index (κ2) is 5.35. The third kappa shape index (κ3) is 2.54. The van der Waals surface area contributed by atoms with E-state index in [9.17, 15) is 4.79 Å². The molecule has 21 heavy (non-hydrogen) atoms. The molecule has 0 N–H and O–H groups in total. The van der Waals surface area contributed by atoms with Crippen molar-refractivity contribution in [3.63, 3.8) is 0 Å². The van der Waals surface area contributed by atoms with Gasteiger partial charge in [0.2, 0.25) is 0 Å². The van der Waals surface area contributed by atoms with Gasteiger partial charge in [0, 0.05) is 30.1 Å². The minimum Gasteiger partial charge on any atom is -0.297 e. The van der Waals surface area contributed by atoms with E-state index in [-0.39, 0.29) is 12.0 Å². The molecule has 4 heteroatoms. The Morgan fingerprint density at radius 3 is 3.00 bits per heavy atom. The summed E-state index contributed by atoms with van der Waals surface area (Å²) < 4.78 is 0. The molecule has 4 rings (SSSR count). The van der Waals surface area contributed by atoms with Crippen molar-refractivity contribution >= 4 is 17.1 Å². The first-order valence-electron chi connectivity index (χ1n) is 7.57. The van der Waals surface area contributed by atoms with E-state index < -0.39 is 0 Å². The van der Waals surface area contributed by atoms with E-state index in [4.69, 9.17) is 0 Å². The first-order valence-corrected chi connectivity index (χ1v) is 8.45. The monoisotopic (exact) mass is 298 g/mol. The minimum atomic E-state index is -0.160. The smallest absolute Gasteiger partial charge is 0.159 e. The summed E-state index contributed by atoms with van der Waals surface area (Å²) in [6, 6.07) is 7.93. The quantitative estimate of drug-likeness (QED) is 0.869. The molecule has 2 aromatic rings. The number of rotatable bonds is 4. The van der Waals surface area contributed by atoms with Crippen LogP contribution in [-0.2, 0) is 17.8 Å². The van der Waals surface area contributed by atoms with E-state index in [0.29, 0.717) is 5.78 Å². The molecule has 1 atom stereocenters. The predicted octanol–water partition coefficient (Wildman–Crippen LogP) is 3.22. The Kier molecular flexibility index (Phi) is 3.36. The molecule has 3 heterocycles. The number of hydrogen-bond donors (Lipinski definition) is 0. The predicted molar refractivity (Wildman–Crippen MR) is 83.1 cm³/mol. The zero-order chi connectivity index (χ0) is 14.2. The van der Waals surface area contributed by atoms with Gasteiger partial charge in [-0.15, -0.1) is 11.3 Å². The van der Waals surface area contributed by atoms with Gasteiger partial charge in [0.15, 0.2) is 5.78 Å². The minimum absolute atomic E-state index is 0.160.